The highest BCUT2D eigenvalue weighted by Crippen LogP contribution is 2.18. The normalized spacial score (nSPS) is 9.50. The molecule has 2 rings (SSSR count). The van der Waals surface area contributed by atoms with E-state index in [1.807, 2.05) is 38.1 Å². The minimum Gasteiger partial charge on any atom is -0.399 e. The predicted octanol–water partition coefficient (Wildman–Crippen LogP) is 2.26. The number of benzene rings is 1. The zero-order valence-corrected chi connectivity index (χ0v) is 13.0. The molecule has 0 bridgehead atoms. The highest BCUT2D eigenvalue weighted by atomic mass is 35.5. The molecule has 0 radical (unpaired) electrons. The maximum atomic E-state index is 7.46. The molecule has 0 aliphatic heterocycles. The van der Waals surface area contributed by atoms with Crippen LogP contribution in [0, 0.1) is 19.3 Å². The first-order chi connectivity index (χ1) is 8.49. The summed E-state index contributed by atoms with van der Waals surface area (Å²) >= 11 is 0. The molecule has 0 unspecified atom stereocenters. The third kappa shape index (κ3) is 3.65. The van der Waals surface area contributed by atoms with Crippen LogP contribution in [0.5, 0.6) is 0 Å². The van der Waals surface area contributed by atoms with Gasteiger partial charge in [-0.15, -0.1) is 24.8 Å². The number of hydrogen-bond donors (Lipinski definition) is 3. The zero-order valence-electron chi connectivity index (χ0n) is 11.4. The molecule has 0 spiro atoms. The minimum atomic E-state index is -0.0563. The van der Waals surface area contributed by atoms with E-state index in [0.29, 0.717) is 0 Å². The van der Waals surface area contributed by atoms with E-state index in [1.54, 1.807) is 0 Å². The summed E-state index contributed by atoms with van der Waals surface area (Å²) in [7, 11) is 0. The molecule has 0 amide bonds. The fourth-order valence-corrected chi connectivity index (χ4v) is 2.00. The van der Waals surface area contributed by atoms with Gasteiger partial charge in [-0.25, -0.2) is 4.68 Å². The first-order valence-corrected chi connectivity index (χ1v) is 5.73. The van der Waals surface area contributed by atoms with Crippen LogP contribution in [0.1, 0.15) is 22.5 Å². The predicted molar refractivity (Wildman–Crippen MR) is 87.2 cm³/mol. The van der Waals surface area contributed by atoms with E-state index in [0.717, 1.165) is 29.1 Å². The highest BCUT2D eigenvalue weighted by molar-refractivity contribution is 5.85. The number of anilines is 1. The molecule has 5 N–H and O–H groups in total. The Balaban J connectivity index is 0.00000180. The first-order valence-electron chi connectivity index (χ1n) is 5.73. The zero-order chi connectivity index (χ0) is 13.3. The summed E-state index contributed by atoms with van der Waals surface area (Å²) in [4.78, 5) is 0. The fourth-order valence-electron chi connectivity index (χ4n) is 2.00. The lowest BCUT2D eigenvalue weighted by Crippen LogP contribution is -2.23. The van der Waals surface area contributed by atoms with E-state index in [9.17, 15) is 0 Å². The van der Waals surface area contributed by atoms with Gasteiger partial charge in [0.25, 0.3) is 0 Å². The molecule has 0 fully saturated rings. The van der Waals surface area contributed by atoms with Gasteiger partial charge in [0, 0.05) is 23.4 Å². The van der Waals surface area contributed by atoms with Gasteiger partial charge in [-0.3, -0.25) is 5.41 Å². The molecular formula is C13H19Cl2N5. The average Bonchev–Trinajstić information content (AvgIpc) is 2.60. The highest BCUT2D eigenvalue weighted by Gasteiger charge is 2.13. The Labute approximate surface area is 130 Å². The van der Waals surface area contributed by atoms with E-state index in [4.69, 9.17) is 16.9 Å². The Bertz CT molecular complexity index is 590. The maximum Gasteiger partial charge on any atom is 0.213 e. The molecule has 0 aliphatic rings. The summed E-state index contributed by atoms with van der Waals surface area (Å²) in [5, 5.41) is 11.7. The van der Waals surface area contributed by atoms with Crippen molar-refractivity contribution in [1.82, 2.24) is 9.78 Å². The van der Waals surface area contributed by atoms with Gasteiger partial charge in [0.15, 0.2) is 0 Å². The van der Waals surface area contributed by atoms with Crippen molar-refractivity contribution in [2.45, 2.75) is 20.3 Å². The van der Waals surface area contributed by atoms with Crippen molar-refractivity contribution in [2.24, 2.45) is 5.73 Å². The standard InChI is InChI=1S/C13H17N5.2ClH/c1-8-12(9(2)18(17-8)13(15)16)7-10-3-5-11(14)6-4-10;;/h3-6H,7,14H2,1-2H3,(H3,15,16);2*1H. The molecule has 110 valence electrons. The number of nitrogens with two attached hydrogens (primary N) is 2. The molecule has 5 nitrogen and oxygen atoms in total. The summed E-state index contributed by atoms with van der Waals surface area (Å²) in [6.07, 6.45) is 0.769. The van der Waals surface area contributed by atoms with Gasteiger partial charge in [0.2, 0.25) is 5.96 Å². The lowest BCUT2D eigenvalue weighted by atomic mass is 10.0. The number of aryl methyl sites for hydroxylation is 1. The molecule has 1 heterocycles. The third-order valence-corrected chi connectivity index (χ3v) is 3.03. The van der Waals surface area contributed by atoms with Gasteiger partial charge in [0.1, 0.15) is 0 Å². The molecule has 1 aromatic heterocycles. The van der Waals surface area contributed by atoms with E-state index < -0.39 is 0 Å². The smallest absolute Gasteiger partial charge is 0.213 e. The average molecular weight is 316 g/mol. The Morgan fingerprint density at radius 2 is 1.75 bits per heavy atom. The maximum absolute atomic E-state index is 7.46. The van der Waals surface area contributed by atoms with Crippen LogP contribution < -0.4 is 11.5 Å². The van der Waals surface area contributed by atoms with Crippen LogP contribution in [-0.4, -0.2) is 15.7 Å². The van der Waals surface area contributed by atoms with Crippen LogP contribution in [0.4, 0.5) is 5.69 Å². The van der Waals surface area contributed by atoms with Gasteiger partial charge in [-0.05, 0) is 31.5 Å². The topological polar surface area (TPSA) is 93.7 Å². The molecule has 2 aromatic rings. The summed E-state index contributed by atoms with van der Waals surface area (Å²) in [5.74, 6) is -0.0563. The fraction of sp³-hybridized carbons (Fsp3) is 0.231. The SMILES string of the molecule is Cc1nn(C(=N)N)c(C)c1Cc1ccc(N)cc1.Cl.Cl. The van der Waals surface area contributed by atoms with Crippen molar-refractivity contribution >= 4 is 36.5 Å². The molecule has 0 atom stereocenters. The quantitative estimate of drug-likeness (QED) is 0.451. The molecule has 0 saturated heterocycles. The van der Waals surface area contributed by atoms with Crippen molar-refractivity contribution in [3.8, 4) is 0 Å². The molecule has 20 heavy (non-hydrogen) atoms. The van der Waals surface area contributed by atoms with Gasteiger partial charge in [-0.2, -0.15) is 5.10 Å². The molecule has 1 aromatic carbocycles. The number of halogens is 2. The van der Waals surface area contributed by atoms with Crippen LogP contribution in [0.3, 0.4) is 0 Å². The first kappa shape index (κ1) is 18.3. The van der Waals surface area contributed by atoms with Crippen molar-refractivity contribution in [1.29, 1.82) is 5.41 Å². The largest absolute Gasteiger partial charge is 0.399 e. The van der Waals surface area contributed by atoms with Crippen LogP contribution in [0.2, 0.25) is 0 Å². The number of hydrogen-bond acceptors (Lipinski definition) is 3. The van der Waals surface area contributed by atoms with Crippen molar-refractivity contribution in [3.63, 3.8) is 0 Å². The Kier molecular flexibility index (Phi) is 6.55. The molecule has 0 aliphatic carbocycles. The van der Waals surface area contributed by atoms with E-state index in [2.05, 4.69) is 5.10 Å². The van der Waals surface area contributed by atoms with E-state index in [-0.39, 0.29) is 30.8 Å². The van der Waals surface area contributed by atoms with Gasteiger partial charge < -0.3 is 11.5 Å². The number of nitrogens with one attached hydrogen (secondary N) is 1. The number of nitrogen functional groups attached to an aromatic ring is 2. The molecule has 7 heteroatoms. The summed E-state index contributed by atoms with van der Waals surface area (Å²) in [6.45, 7) is 3.85. The van der Waals surface area contributed by atoms with Gasteiger partial charge in [-0.1, -0.05) is 12.1 Å². The van der Waals surface area contributed by atoms with Gasteiger partial charge >= 0.3 is 0 Å². The lowest BCUT2D eigenvalue weighted by Gasteiger charge is -2.04. The lowest BCUT2D eigenvalue weighted by molar-refractivity contribution is 0.862. The monoisotopic (exact) mass is 315 g/mol. The van der Waals surface area contributed by atoms with Crippen LogP contribution in [0.25, 0.3) is 0 Å². The van der Waals surface area contributed by atoms with Crippen LogP contribution in [0.15, 0.2) is 24.3 Å². The summed E-state index contributed by atoms with van der Waals surface area (Å²) in [5.41, 5.74) is 16.0. The van der Waals surface area contributed by atoms with E-state index in [1.165, 1.54) is 10.2 Å². The Morgan fingerprint density at radius 3 is 2.20 bits per heavy atom. The Morgan fingerprint density at radius 1 is 1.20 bits per heavy atom. The second kappa shape index (κ2) is 7.17. The van der Waals surface area contributed by atoms with Crippen LogP contribution >= 0.6 is 24.8 Å². The molecular weight excluding hydrogens is 297 g/mol. The van der Waals surface area contributed by atoms with Crippen molar-refractivity contribution in [2.75, 3.05) is 5.73 Å². The van der Waals surface area contributed by atoms with Gasteiger partial charge in [0.05, 0.1) is 5.69 Å². The minimum absolute atomic E-state index is 0. The van der Waals surface area contributed by atoms with Crippen molar-refractivity contribution in [3.05, 3.63) is 46.8 Å². The molecule has 0 saturated carbocycles. The second-order valence-corrected chi connectivity index (χ2v) is 4.36. The van der Waals surface area contributed by atoms with Crippen LogP contribution in [-0.2, 0) is 6.42 Å². The number of nitrogens with zero attached hydrogens (tertiary/aromatic N) is 2. The van der Waals surface area contributed by atoms with E-state index >= 15 is 0 Å². The summed E-state index contributed by atoms with van der Waals surface area (Å²) < 4.78 is 1.46. The summed E-state index contributed by atoms with van der Waals surface area (Å²) in [6, 6.07) is 7.77. The third-order valence-electron chi connectivity index (χ3n) is 3.03. The number of rotatable bonds is 2. The Hall–Kier alpha value is -1.72. The number of aromatic nitrogens is 2. The second-order valence-electron chi connectivity index (χ2n) is 4.36. The van der Waals surface area contributed by atoms with Crippen molar-refractivity contribution < 1.29 is 0 Å².